The van der Waals surface area contributed by atoms with Gasteiger partial charge in [-0.3, -0.25) is 10.1 Å². The molecule has 0 aliphatic carbocycles. The van der Waals surface area contributed by atoms with Gasteiger partial charge in [-0.1, -0.05) is 57.2 Å². The monoisotopic (exact) mass is 388 g/mol. The summed E-state index contributed by atoms with van der Waals surface area (Å²) in [5.41, 5.74) is 1.91. The normalized spacial score (nSPS) is 14.3. The molecule has 0 bridgehead atoms. The van der Waals surface area contributed by atoms with Gasteiger partial charge in [0.05, 0.1) is 12.1 Å². The van der Waals surface area contributed by atoms with Gasteiger partial charge >= 0.3 is 0 Å². The van der Waals surface area contributed by atoms with Crippen LogP contribution in [-0.4, -0.2) is 16.3 Å². The van der Waals surface area contributed by atoms with E-state index in [9.17, 15) is 4.79 Å². The number of furan rings is 1. The summed E-state index contributed by atoms with van der Waals surface area (Å²) >= 11 is 0. The maximum absolute atomic E-state index is 13.4. The molecule has 4 aromatic rings. The Morgan fingerprint density at radius 1 is 1.03 bits per heavy atom. The van der Waals surface area contributed by atoms with Crippen LogP contribution in [0.15, 0.2) is 65.2 Å². The van der Waals surface area contributed by atoms with Gasteiger partial charge in [0, 0.05) is 27.9 Å². The van der Waals surface area contributed by atoms with Crippen molar-refractivity contribution >= 4 is 27.7 Å². The molecule has 0 spiro atoms. The fourth-order valence-corrected chi connectivity index (χ4v) is 4.12. The molecule has 29 heavy (non-hydrogen) atoms. The molecule has 1 unspecified atom stereocenters. The van der Waals surface area contributed by atoms with Crippen LogP contribution in [0.4, 0.5) is 0 Å². The van der Waals surface area contributed by atoms with E-state index in [0.717, 1.165) is 33.2 Å². The Morgan fingerprint density at radius 2 is 1.76 bits per heavy atom. The van der Waals surface area contributed by atoms with Crippen LogP contribution in [0.3, 0.4) is 0 Å². The molecular weight excluding hydrogens is 360 g/mol. The highest BCUT2D eigenvalue weighted by atomic mass is 16.3. The second-order valence-corrected chi connectivity index (χ2v) is 9.05. The first-order valence-corrected chi connectivity index (χ1v) is 10.1. The van der Waals surface area contributed by atoms with E-state index in [1.165, 1.54) is 0 Å². The minimum Gasteiger partial charge on any atom is -0.460 e. The lowest BCUT2D eigenvalue weighted by atomic mass is 9.76. The van der Waals surface area contributed by atoms with Crippen LogP contribution in [0.5, 0.6) is 0 Å². The van der Waals surface area contributed by atoms with E-state index >= 15 is 0 Å². The highest BCUT2D eigenvalue weighted by Gasteiger charge is 2.40. The molecule has 0 radical (unpaired) electrons. The Kier molecular flexibility index (Phi) is 4.83. The summed E-state index contributed by atoms with van der Waals surface area (Å²) in [5, 5.41) is 5.76. The second-order valence-electron chi connectivity index (χ2n) is 9.05. The molecule has 0 aliphatic rings. The van der Waals surface area contributed by atoms with Gasteiger partial charge in [0.1, 0.15) is 11.3 Å². The van der Waals surface area contributed by atoms with E-state index in [4.69, 9.17) is 4.42 Å². The van der Waals surface area contributed by atoms with Crippen LogP contribution < -0.4 is 5.32 Å². The standard InChI is InChI=1S/C25H28N2O2/c1-24(2,3)23(28)25(4,14-18-15-26-21-11-7-6-10-20(18)21)27-16-19-13-17-9-5-8-12-22(17)29-19/h5-13,15,26-27H,14,16H2,1-4H3. The number of aromatic nitrogens is 1. The van der Waals surface area contributed by atoms with Crippen LogP contribution in [0.25, 0.3) is 21.9 Å². The third-order valence-electron chi connectivity index (χ3n) is 5.53. The third-order valence-corrected chi connectivity index (χ3v) is 5.53. The van der Waals surface area contributed by atoms with Crippen LogP contribution >= 0.6 is 0 Å². The van der Waals surface area contributed by atoms with Crippen LogP contribution in [0.2, 0.25) is 0 Å². The molecule has 2 aromatic heterocycles. The van der Waals surface area contributed by atoms with Crippen molar-refractivity contribution < 1.29 is 9.21 Å². The molecule has 2 heterocycles. The lowest BCUT2D eigenvalue weighted by Crippen LogP contribution is -2.55. The third kappa shape index (κ3) is 3.85. The van der Waals surface area contributed by atoms with E-state index in [1.807, 2.05) is 76.4 Å². The highest BCUT2D eigenvalue weighted by molar-refractivity contribution is 5.93. The average Bonchev–Trinajstić information content (AvgIpc) is 3.29. The van der Waals surface area contributed by atoms with Crippen molar-refractivity contribution in [1.29, 1.82) is 0 Å². The molecule has 0 amide bonds. The fourth-order valence-electron chi connectivity index (χ4n) is 4.12. The van der Waals surface area contributed by atoms with E-state index in [2.05, 4.69) is 22.4 Å². The number of carbonyl (C=O) groups excluding carboxylic acids is 1. The minimum absolute atomic E-state index is 0.186. The summed E-state index contributed by atoms with van der Waals surface area (Å²) in [6.07, 6.45) is 2.62. The first-order valence-electron chi connectivity index (χ1n) is 10.1. The number of benzene rings is 2. The Labute approximate surface area is 171 Å². The van der Waals surface area contributed by atoms with Gasteiger partial charge in [-0.05, 0) is 37.1 Å². The summed E-state index contributed by atoms with van der Waals surface area (Å²) < 4.78 is 5.95. The number of hydrogen-bond donors (Lipinski definition) is 2. The van der Waals surface area contributed by atoms with Gasteiger partial charge in [-0.15, -0.1) is 0 Å². The Hall–Kier alpha value is -2.85. The van der Waals surface area contributed by atoms with Crippen molar-refractivity contribution in [3.05, 3.63) is 72.1 Å². The van der Waals surface area contributed by atoms with Gasteiger partial charge < -0.3 is 9.40 Å². The summed E-state index contributed by atoms with van der Waals surface area (Å²) in [5.74, 6) is 1.02. The zero-order chi connectivity index (χ0) is 20.6. The number of ketones is 1. The van der Waals surface area contributed by atoms with E-state index in [-0.39, 0.29) is 5.78 Å². The molecule has 1 atom stereocenters. The quantitative estimate of drug-likeness (QED) is 0.451. The number of rotatable bonds is 6. The molecule has 150 valence electrons. The van der Waals surface area contributed by atoms with Crippen molar-refractivity contribution in [2.24, 2.45) is 5.41 Å². The topological polar surface area (TPSA) is 58.0 Å². The van der Waals surface area contributed by atoms with Gasteiger partial charge in [-0.25, -0.2) is 0 Å². The van der Waals surface area contributed by atoms with E-state index < -0.39 is 11.0 Å². The van der Waals surface area contributed by atoms with Crippen molar-refractivity contribution in [2.75, 3.05) is 0 Å². The number of nitrogens with one attached hydrogen (secondary N) is 2. The summed E-state index contributed by atoms with van der Waals surface area (Å²) in [6, 6.07) is 18.2. The van der Waals surface area contributed by atoms with Gasteiger partial charge in [0.2, 0.25) is 0 Å². The largest absolute Gasteiger partial charge is 0.460 e. The maximum Gasteiger partial charge on any atom is 0.158 e. The molecule has 0 saturated heterocycles. The van der Waals surface area contributed by atoms with E-state index in [0.29, 0.717) is 13.0 Å². The van der Waals surface area contributed by atoms with Crippen LogP contribution in [0, 0.1) is 5.41 Å². The summed E-state index contributed by atoms with van der Waals surface area (Å²) in [7, 11) is 0. The van der Waals surface area contributed by atoms with Crippen molar-refractivity contribution in [1.82, 2.24) is 10.3 Å². The second kappa shape index (κ2) is 7.20. The molecule has 0 saturated carbocycles. The molecular formula is C25H28N2O2. The number of hydrogen-bond acceptors (Lipinski definition) is 3. The lowest BCUT2D eigenvalue weighted by molar-refractivity contribution is -0.132. The first-order chi connectivity index (χ1) is 13.8. The number of carbonyl (C=O) groups is 1. The predicted molar refractivity (Wildman–Crippen MR) is 118 cm³/mol. The van der Waals surface area contributed by atoms with Gasteiger partial charge in [0.25, 0.3) is 0 Å². The molecule has 4 heteroatoms. The molecule has 4 rings (SSSR count). The van der Waals surface area contributed by atoms with Gasteiger partial charge in [0.15, 0.2) is 5.78 Å². The molecule has 2 aromatic carbocycles. The smallest absolute Gasteiger partial charge is 0.158 e. The fraction of sp³-hybridized carbons (Fsp3) is 0.320. The Bertz CT molecular complexity index is 1130. The molecule has 0 aliphatic heterocycles. The van der Waals surface area contributed by atoms with Crippen molar-refractivity contribution in [3.63, 3.8) is 0 Å². The highest BCUT2D eigenvalue weighted by Crippen LogP contribution is 2.30. The number of fused-ring (bicyclic) bond motifs is 2. The maximum atomic E-state index is 13.4. The number of aromatic amines is 1. The molecule has 0 fully saturated rings. The average molecular weight is 389 g/mol. The molecule has 4 nitrogen and oxygen atoms in total. The number of H-pyrrole nitrogens is 1. The number of para-hydroxylation sites is 2. The minimum atomic E-state index is -0.720. The summed E-state index contributed by atoms with van der Waals surface area (Å²) in [6.45, 7) is 8.43. The predicted octanol–water partition coefficient (Wildman–Crippen LogP) is 5.62. The Morgan fingerprint density at radius 3 is 2.52 bits per heavy atom. The summed E-state index contributed by atoms with van der Waals surface area (Å²) in [4.78, 5) is 16.8. The Balaban J connectivity index is 1.64. The van der Waals surface area contributed by atoms with Crippen LogP contribution in [0.1, 0.15) is 39.0 Å². The molecule has 2 N–H and O–H groups in total. The van der Waals surface area contributed by atoms with Gasteiger partial charge in [-0.2, -0.15) is 0 Å². The van der Waals surface area contributed by atoms with Crippen LogP contribution in [-0.2, 0) is 17.8 Å². The SMILES string of the molecule is CC(C)(C)C(=O)C(C)(Cc1c[nH]c2ccccc12)NCc1cc2ccccc2o1. The zero-order valence-corrected chi connectivity index (χ0v) is 17.5. The zero-order valence-electron chi connectivity index (χ0n) is 17.5. The van der Waals surface area contributed by atoms with Crippen molar-refractivity contribution in [3.8, 4) is 0 Å². The number of Topliss-reactive ketones (excluding diaryl/α,β-unsaturated/α-hetero) is 1. The lowest BCUT2D eigenvalue weighted by Gasteiger charge is -2.35. The van der Waals surface area contributed by atoms with Crippen molar-refractivity contribution in [2.45, 2.75) is 46.2 Å². The first kappa shape index (κ1) is 19.5. The van der Waals surface area contributed by atoms with E-state index in [1.54, 1.807) is 0 Å².